The average molecular weight is 365 g/mol. The minimum Gasteiger partial charge on any atom is -0.335 e. The number of likely N-dealkylation sites (N-methyl/N-ethyl adjacent to an activating group) is 1. The van der Waals surface area contributed by atoms with Gasteiger partial charge in [-0.2, -0.15) is 0 Å². The Bertz CT molecular complexity index is 716. The van der Waals surface area contributed by atoms with Crippen molar-refractivity contribution in [1.29, 1.82) is 0 Å². The number of imidazole rings is 1. The van der Waals surface area contributed by atoms with Gasteiger partial charge in [0.25, 0.3) is 5.91 Å². The van der Waals surface area contributed by atoms with Gasteiger partial charge < -0.3 is 9.80 Å². The number of piperazine rings is 1. The summed E-state index contributed by atoms with van der Waals surface area (Å²) in [6.45, 7) is 10.6. The first kappa shape index (κ1) is 15.5. The Kier molecular flexibility index (Phi) is 4.23. The quantitative estimate of drug-likeness (QED) is 0.821. The number of hydrogen-bond donors (Lipinski definition) is 0. The SMILES string of the molecule is CCN1CCN(C(=O)c2c(C)nc3c(Br)cc(C)cn23)CC1. The molecule has 0 saturated carbocycles. The van der Waals surface area contributed by atoms with Gasteiger partial charge in [-0.15, -0.1) is 0 Å². The van der Waals surface area contributed by atoms with Crippen molar-refractivity contribution in [3.63, 3.8) is 0 Å². The van der Waals surface area contributed by atoms with Crippen molar-refractivity contribution in [1.82, 2.24) is 19.2 Å². The second-order valence-electron chi connectivity index (χ2n) is 5.83. The highest BCUT2D eigenvalue weighted by Gasteiger charge is 2.26. The van der Waals surface area contributed by atoms with E-state index in [4.69, 9.17) is 0 Å². The monoisotopic (exact) mass is 364 g/mol. The average Bonchev–Trinajstić information content (AvgIpc) is 2.83. The highest BCUT2D eigenvalue weighted by atomic mass is 79.9. The number of fused-ring (bicyclic) bond motifs is 1. The number of pyridine rings is 1. The molecular weight excluding hydrogens is 344 g/mol. The van der Waals surface area contributed by atoms with E-state index in [1.54, 1.807) is 0 Å². The smallest absolute Gasteiger partial charge is 0.272 e. The Labute approximate surface area is 139 Å². The van der Waals surface area contributed by atoms with Gasteiger partial charge in [0.15, 0.2) is 5.65 Å². The van der Waals surface area contributed by atoms with E-state index in [2.05, 4.69) is 32.7 Å². The molecule has 0 atom stereocenters. The summed E-state index contributed by atoms with van der Waals surface area (Å²) >= 11 is 3.54. The van der Waals surface area contributed by atoms with Crippen molar-refractivity contribution in [2.45, 2.75) is 20.8 Å². The summed E-state index contributed by atoms with van der Waals surface area (Å²) in [6, 6.07) is 2.02. The molecule has 2 aromatic heterocycles. The lowest BCUT2D eigenvalue weighted by Crippen LogP contribution is -2.48. The maximum Gasteiger partial charge on any atom is 0.272 e. The van der Waals surface area contributed by atoms with Gasteiger partial charge in [0.1, 0.15) is 5.69 Å². The zero-order valence-electron chi connectivity index (χ0n) is 13.3. The molecule has 2 aromatic rings. The first-order valence-corrected chi connectivity index (χ1v) is 8.47. The van der Waals surface area contributed by atoms with Crippen LogP contribution in [0.3, 0.4) is 0 Å². The zero-order valence-corrected chi connectivity index (χ0v) is 14.9. The van der Waals surface area contributed by atoms with Crippen molar-refractivity contribution in [3.8, 4) is 0 Å². The van der Waals surface area contributed by atoms with Crippen LogP contribution in [0.15, 0.2) is 16.7 Å². The number of aryl methyl sites for hydroxylation is 2. The summed E-state index contributed by atoms with van der Waals surface area (Å²) in [4.78, 5) is 21.8. The lowest BCUT2D eigenvalue weighted by atomic mass is 10.2. The van der Waals surface area contributed by atoms with Crippen LogP contribution >= 0.6 is 15.9 Å². The van der Waals surface area contributed by atoms with Crippen LogP contribution in [0.1, 0.15) is 28.7 Å². The molecule has 0 N–H and O–H groups in total. The van der Waals surface area contributed by atoms with Gasteiger partial charge in [-0.05, 0) is 48.0 Å². The number of amides is 1. The summed E-state index contributed by atoms with van der Waals surface area (Å²) in [5.74, 6) is 0.0817. The highest BCUT2D eigenvalue weighted by Crippen LogP contribution is 2.23. The Morgan fingerprint density at radius 1 is 1.27 bits per heavy atom. The van der Waals surface area contributed by atoms with Crippen molar-refractivity contribution >= 4 is 27.5 Å². The second-order valence-corrected chi connectivity index (χ2v) is 6.69. The molecule has 1 fully saturated rings. The van der Waals surface area contributed by atoms with E-state index in [1.165, 1.54) is 0 Å². The number of aromatic nitrogens is 2. The maximum absolute atomic E-state index is 12.9. The molecule has 0 aromatic carbocycles. The van der Waals surface area contributed by atoms with Gasteiger partial charge in [0.2, 0.25) is 0 Å². The molecule has 1 saturated heterocycles. The zero-order chi connectivity index (χ0) is 15.9. The van der Waals surface area contributed by atoms with Crippen LogP contribution in [0.5, 0.6) is 0 Å². The highest BCUT2D eigenvalue weighted by molar-refractivity contribution is 9.10. The molecule has 0 unspecified atom stereocenters. The van der Waals surface area contributed by atoms with Crippen LogP contribution in [0.25, 0.3) is 5.65 Å². The molecule has 1 aliphatic heterocycles. The molecule has 118 valence electrons. The molecule has 0 spiro atoms. The van der Waals surface area contributed by atoms with E-state index in [-0.39, 0.29) is 5.91 Å². The Morgan fingerprint density at radius 2 is 1.95 bits per heavy atom. The van der Waals surface area contributed by atoms with Gasteiger partial charge in [-0.25, -0.2) is 4.98 Å². The van der Waals surface area contributed by atoms with Crippen LogP contribution < -0.4 is 0 Å². The number of carbonyl (C=O) groups is 1. The molecule has 5 nitrogen and oxygen atoms in total. The van der Waals surface area contributed by atoms with E-state index in [0.717, 1.165) is 54.1 Å². The number of hydrogen-bond acceptors (Lipinski definition) is 3. The van der Waals surface area contributed by atoms with Gasteiger partial charge in [0, 0.05) is 32.4 Å². The number of halogens is 1. The first-order chi connectivity index (χ1) is 10.5. The molecule has 22 heavy (non-hydrogen) atoms. The molecule has 3 heterocycles. The summed E-state index contributed by atoms with van der Waals surface area (Å²) in [5, 5.41) is 0. The van der Waals surface area contributed by atoms with Crippen molar-refractivity contribution in [3.05, 3.63) is 33.7 Å². The predicted octanol–water partition coefficient (Wildman–Crippen LogP) is 2.49. The molecular formula is C16H21BrN4O. The lowest BCUT2D eigenvalue weighted by molar-refractivity contribution is 0.0635. The van der Waals surface area contributed by atoms with E-state index >= 15 is 0 Å². The van der Waals surface area contributed by atoms with E-state index < -0.39 is 0 Å². The largest absolute Gasteiger partial charge is 0.335 e. The fourth-order valence-electron chi connectivity index (χ4n) is 3.02. The molecule has 0 bridgehead atoms. The third-order valence-electron chi connectivity index (χ3n) is 4.30. The fraction of sp³-hybridized carbons (Fsp3) is 0.500. The van der Waals surface area contributed by atoms with Crippen LogP contribution in [-0.4, -0.2) is 57.8 Å². The van der Waals surface area contributed by atoms with Crippen LogP contribution in [0.2, 0.25) is 0 Å². The van der Waals surface area contributed by atoms with E-state index in [0.29, 0.717) is 5.69 Å². The van der Waals surface area contributed by atoms with Gasteiger partial charge in [-0.1, -0.05) is 6.92 Å². The minimum absolute atomic E-state index is 0.0817. The Morgan fingerprint density at radius 3 is 2.59 bits per heavy atom. The van der Waals surface area contributed by atoms with E-state index in [1.807, 2.05) is 35.4 Å². The summed E-state index contributed by atoms with van der Waals surface area (Å²) in [7, 11) is 0. The van der Waals surface area contributed by atoms with E-state index in [9.17, 15) is 4.79 Å². The molecule has 3 rings (SSSR count). The normalized spacial score (nSPS) is 16.5. The molecule has 6 heteroatoms. The van der Waals surface area contributed by atoms with Crippen LogP contribution in [0.4, 0.5) is 0 Å². The fourth-order valence-corrected chi connectivity index (χ4v) is 3.66. The van der Waals surface area contributed by atoms with Crippen molar-refractivity contribution in [2.75, 3.05) is 32.7 Å². The minimum atomic E-state index is 0.0817. The van der Waals surface area contributed by atoms with Gasteiger partial charge in [-0.3, -0.25) is 9.20 Å². The van der Waals surface area contributed by atoms with Crippen LogP contribution in [-0.2, 0) is 0 Å². The van der Waals surface area contributed by atoms with Crippen molar-refractivity contribution in [2.24, 2.45) is 0 Å². The predicted molar refractivity (Wildman–Crippen MR) is 90.4 cm³/mol. The van der Waals surface area contributed by atoms with Crippen molar-refractivity contribution < 1.29 is 4.79 Å². The Balaban J connectivity index is 1.96. The molecule has 0 aliphatic carbocycles. The van der Waals surface area contributed by atoms with Gasteiger partial charge >= 0.3 is 0 Å². The topological polar surface area (TPSA) is 40.8 Å². The number of carbonyl (C=O) groups excluding carboxylic acids is 1. The second kappa shape index (κ2) is 6.01. The third-order valence-corrected chi connectivity index (χ3v) is 4.88. The lowest BCUT2D eigenvalue weighted by Gasteiger charge is -2.34. The number of rotatable bonds is 2. The molecule has 1 aliphatic rings. The maximum atomic E-state index is 12.9. The van der Waals surface area contributed by atoms with Crippen LogP contribution in [0, 0.1) is 13.8 Å². The molecule has 1 amide bonds. The molecule has 0 radical (unpaired) electrons. The number of nitrogens with zero attached hydrogens (tertiary/aromatic N) is 4. The first-order valence-electron chi connectivity index (χ1n) is 7.67. The third kappa shape index (κ3) is 2.65. The van der Waals surface area contributed by atoms with Gasteiger partial charge in [0.05, 0.1) is 10.2 Å². The summed E-state index contributed by atoms with van der Waals surface area (Å²) in [6.07, 6.45) is 1.98. The summed E-state index contributed by atoms with van der Waals surface area (Å²) < 4.78 is 2.84. The summed E-state index contributed by atoms with van der Waals surface area (Å²) in [5.41, 5.74) is 3.37. The standard InChI is InChI=1S/C16H21BrN4O/c1-4-19-5-7-20(8-6-19)16(22)14-12(3)18-15-13(17)9-11(2)10-21(14)15/h9-10H,4-8H2,1-3H3. The Hall–Kier alpha value is -1.40.